The van der Waals surface area contributed by atoms with E-state index in [2.05, 4.69) is 9.71 Å². The molecule has 0 saturated heterocycles. The number of sulfonamides is 1. The van der Waals surface area contributed by atoms with E-state index < -0.39 is 14.9 Å². The molecule has 0 bridgehead atoms. The van der Waals surface area contributed by atoms with Crippen LogP contribution >= 0.6 is 11.6 Å². The van der Waals surface area contributed by atoms with Gasteiger partial charge in [-0.15, -0.1) is 0 Å². The van der Waals surface area contributed by atoms with E-state index in [0.717, 1.165) is 0 Å². The van der Waals surface area contributed by atoms with Gasteiger partial charge in [0.25, 0.3) is 5.69 Å². The van der Waals surface area contributed by atoms with Crippen LogP contribution in [-0.4, -0.2) is 18.3 Å². The Morgan fingerprint density at radius 1 is 1.24 bits per heavy atom. The van der Waals surface area contributed by atoms with Crippen molar-refractivity contribution in [2.24, 2.45) is 0 Å². The van der Waals surface area contributed by atoms with Crippen LogP contribution in [-0.2, 0) is 15.8 Å². The van der Waals surface area contributed by atoms with Crippen LogP contribution in [0.3, 0.4) is 0 Å². The van der Waals surface area contributed by atoms with E-state index in [1.807, 2.05) is 0 Å². The molecule has 0 atom stereocenters. The van der Waals surface area contributed by atoms with Crippen LogP contribution < -0.4 is 4.72 Å². The van der Waals surface area contributed by atoms with Crippen molar-refractivity contribution in [1.82, 2.24) is 4.98 Å². The molecule has 110 valence electrons. The summed E-state index contributed by atoms with van der Waals surface area (Å²) >= 11 is 5.85. The summed E-state index contributed by atoms with van der Waals surface area (Å²) < 4.78 is 26.3. The molecular weight excluding hydrogens is 318 g/mol. The fourth-order valence-corrected chi connectivity index (χ4v) is 3.00. The van der Waals surface area contributed by atoms with E-state index in [1.165, 1.54) is 42.7 Å². The summed E-state index contributed by atoms with van der Waals surface area (Å²) in [5.41, 5.74) is 0.508. The second-order valence-corrected chi connectivity index (χ2v) is 6.27. The minimum atomic E-state index is -3.69. The second kappa shape index (κ2) is 6.06. The third-order valence-electron chi connectivity index (χ3n) is 2.54. The number of non-ortho nitro benzene ring substituents is 1. The van der Waals surface area contributed by atoms with Gasteiger partial charge >= 0.3 is 0 Å². The molecule has 9 heteroatoms. The number of hydrogen-bond acceptors (Lipinski definition) is 5. The van der Waals surface area contributed by atoms with Crippen molar-refractivity contribution in [1.29, 1.82) is 0 Å². The van der Waals surface area contributed by atoms with Gasteiger partial charge in [-0.1, -0.05) is 23.7 Å². The minimum absolute atomic E-state index is 0.0978. The predicted octanol–water partition coefficient (Wildman–Crippen LogP) is 2.59. The zero-order chi connectivity index (χ0) is 15.5. The van der Waals surface area contributed by atoms with Crippen molar-refractivity contribution in [3.63, 3.8) is 0 Å². The molecule has 2 aromatic rings. The lowest BCUT2D eigenvalue weighted by Gasteiger charge is -2.08. The summed E-state index contributed by atoms with van der Waals surface area (Å²) in [6.45, 7) is 0. The maximum absolute atomic E-state index is 12.0. The Kier molecular flexibility index (Phi) is 4.39. The number of benzene rings is 1. The zero-order valence-electron chi connectivity index (χ0n) is 10.6. The molecule has 0 unspecified atom stereocenters. The van der Waals surface area contributed by atoms with Gasteiger partial charge in [0.15, 0.2) is 0 Å². The van der Waals surface area contributed by atoms with Gasteiger partial charge < -0.3 is 0 Å². The zero-order valence-corrected chi connectivity index (χ0v) is 12.1. The van der Waals surface area contributed by atoms with Gasteiger partial charge in [-0.2, -0.15) is 0 Å². The fraction of sp³-hybridized carbons (Fsp3) is 0.0833. The Morgan fingerprint density at radius 3 is 2.48 bits per heavy atom. The largest absolute Gasteiger partial charge is 0.280 e. The van der Waals surface area contributed by atoms with E-state index in [4.69, 9.17) is 11.6 Å². The van der Waals surface area contributed by atoms with E-state index in [0.29, 0.717) is 5.56 Å². The quantitative estimate of drug-likeness (QED) is 0.671. The Labute approximate surface area is 125 Å². The molecule has 7 nitrogen and oxygen atoms in total. The monoisotopic (exact) mass is 327 g/mol. The molecule has 0 spiro atoms. The summed E-state index contributed by atoms with van der Waals surface area (Å²) in [6.07, 6.45) is 2.74. The number of aromatic nitrogens is 1. The highest BCUT2D eigenvalue weighted by Crippen LogP contribution is 2.22. The molecule has 0 aliphatic rings. The number of anilines is 1. The van der Waals surface area contributed by atoms with Crippen molar-refractivity contribution in [2.45, 2.75) is 5.75 Å². The number of nitrogens with zero attached hydrogens (tertiary/aromatic N) is 2. The van der Waals surface area contributed by atoms with Crippen molar-refractivity contribution in [2.75, 3.05) is 4.72 Å². The summed E-state index contributed by atoms with van der Waals surface area (Å²) in [4.78, 5) is 13.8. The number of halogens is 1. The number of nitro benzene ring substituents is 1. The van der Waals surface area contributed by atoms with Gasteiger partial charge in [0, 0.05) is 18.3 Å². The second-order valence-electron chi connectivity index (χ2n) is 4.14. The van der Waals surface area contributed by atoms with Crippen LogP contribution in [0.2, 0.25) is 5.02 Å². The molecule has 2 rings (SSSR count). The van der Waals surface area contributed by atoms with E-state index >= 15 is 0 Å². The molecular formula is C12H10ClN3O4S. The number of hydrogen-bond donors (Lipinski definition) is 1. The summed E-state index contributed by atoms with van der Waals surface area (Å²) in [5, 5.41) is 10.8. The summed E-state index contributed by atoms with van der Waals surface area (Å²) in [5.74, 6) is -0.323. The molecule has 0 amide bonds. The third-order valence-corrected chi connectivity index (χ3v) is 4.11. The average Bonchev–Trinajstić information content (AvgIpc) is 2.41. The van der Waals surface area contributed by atoms with Crippen LogP contribution in [0.5, 0.6) is 0 Å². The lowest BCUT2D eigenvalue weighted by atomic mass is 10.2. The van der Waals surface area contributed by atoms with Gasteiger partial charge in [-0.05, 0) is 11.6 Å². The van der Waals surface area contributed by atoms with Crippen molar-refractivity contribution >= 4 is 33.0 Å². The van der Waals surface area contributed by atoms with E-state index in [1.54, 1.807) is 0 Å². The Balaban J connectivity index is 2.14. The Bertz CT molecular complexity index is 762. The lowest BCUT2D eigenvalue weighted by Crippen LogP contribution is -2.15. The Morgan fingerprint density at radius 2 is 1.90 bits per heavy atom. The van der Waals surface area contributed by atoms with Crippen LogP contribution in [0.1, 0.15) is 5.56 Å². The van der Waals surface area contributed by atoms with Gasteiger partial charge in [-0.3, -0.25) is 19.8 Å². The normalized spacial score (nSPS) is 11.1. The molecule has 1 N–H and O–H groups in total. The lowest BCUT2D eigenvalue weighted by molar-refractivity contribution is -0.384. The Hall–Kier alpha value is -2.19. The van der Waals surface area contributed by atoms with Crippen LogP contribution in [0.25, 0.3) is 0 Å². The highest BCUT2D eigenvalue weighted by Gasteiger charge is 2.14. The minimum Gasteiger partial charge on any atom is -0.280 e. The standard InChI is InChI=1S/C12H10ClN3O4S/c13-11-5-6-14-7-12(11)15-21(19,20)8-9-1-3-10(4-2-9)16(17)18/h1-7,15H,8H2. The highest BCUT2D eigenvalue weighted by atomic mass is 35.5. The predicted molar refractivity (Wildman–Crippen MR) is 78.6 cm³/mol. The van der Waals surface area contributed by atoms with Gasteiger partial charge in [0.2, 0.25) is 10.0 Å². The van der Waals surface area contributed by atoms with Crippen molar-refractivity contribution in [3.8, 4) is 0 Å². The third kappa shape index (κ3) is 4.14. The fourth-order valence-electron chi connectivity index (χ4n) is 1.59. The van der Waals surface area contributed by atoms with Crippen LogP contribution in [0.4, 0.5) is 11.4 Å². The number of pyridine rings is 1. The first kappa shape index (κ1) is 15.2. The first-order valence-corrected chi connectivity index (χ1v) is 7.74. The van der Waals surface area contributed by atoms with Gasteiger partial charge in [0.05, 0.1) is 27.6 Å². The smallest absolute Gasteiger partial charge is 0.269 e. The number of nitrogens with one attached hydrogen (secondary N) is 1. The average molecular weight is 328 g/mol. The molecule has 1 heterocycles. The van der Waals surface area contributed by atoms with Crippen LogP contribution in [0, 0.1) is 10.1 Å². The SMILES string of the molecule is O=[N+]([O-])c1ccc(CS(=O)(=O)Nc2cnccc2Cl)cc1. The first-order valence-electron chi connectivity index (χ1n) is 5.71. The molecule has 1 aromatic heterocycles. The topological polar surface area (TPSA) is 102 Å². The molecule has 0 radical (unpaired) electrons. The first-order chi connectivity index (χ1) is 9.87. The highest BCUT2D eigenvalue weighted by molar-refractivity contribution is 7.91. The maximum Gasteiger partial charge on any atom is 0.269 e. The molecule has 0 saturated carbocycles. The van der Waals surface area contributed by atoms with Crippen molar-refractivity contribution < 1.29 is 13.3 Å². The van der Waals surface area contributed by atoms with E-state index in [-0.39, 0.29) is 22.2 Å². The molecule has 1 aromatic carbocycles. The maximum atomic E-state index is 12.0. The van der Waals surface area contributed by atoms with Crippen molar-refractivity contribution in [3.05, 3.63) is 63.4 Å². The van der Waals surface area contributed by atoms with Crippen LogP contribution in [0.15, 0.2) is 42.7 Å². The summed E-state index contributed by atoms with van der Waals surface area (Å²) in [7, 11) is -3.69. The molecule has 21 heavy (non-hydrogen) atoms. The molecule has 0 aliphatic heterocycles. The summed E-state index contributed by atoms with van der Waals surface area (Å²) in [6, 6.07) is 6.75. The van der Waals surface area contributed by atoms with Gasteiger partial charge in [0.1, 0.15) is 0 Å². The number of rotatable bonds is 5. The van der Waals surface area contributed by atoms with Gasteiger partial charge in [-0.25, -0.2) is 8.42 Å². The molecule has 0 fully saturated rings. The molecule has 0 aliphatic carbocycles. The number of nitro groups is 1. The van der Waals surface area contributed by atoms with E-state index in [9.17, 15) is 18.5 Å².